The van der Waals surface area contributed by atoms with Crippen molar-refractivity contribution in [2.45, 2.75) is 31.1 Å². The molecule has 2 N–H and O–H groups in total. The van der Waals surface area contributed by atoms with Gasteiger partial charge in [0.05, 0.1) is 0 Å². The number of aromatic carboxylic acids is 1. The minimum Gasteiger partial charge on any atom is -0.476 e. The van der Waals surface area contributed by atoms with Gasteiger partial charge in [0.1, 0.15) is 0 Å². The third kappa shape index (κ3) is 0.753. The normalized spacial score (nSPS) is 29.2. The fourth-order valence-electron chi connectivity index (χ4n) is 2.76. The summed E-state index contributed by atoms with van der Waals surface area (Å²) in [5.74, 6) is 0.121. The maximum atomic E-state index is 10.8. The van der Waals surface area contributed by atoms with Crippen molar-refractivity contribution in [3.05, 3.63) is 17.0 Å². The van der Waals surface area contributed by atoms with Crippen LogP contribution in [0.2, 0.25) is 0 Å². The highest BCUT2D eigenvalue weighted by molar-refractivity contribution is 5.88. The molecular formula is C9H10N2O2. The standard InChI is InChI=1S/C9H10N2O2/c12-9(13)8-6-4-1-2-5(3-4)7(6)10-11-8/h4-5H,1-3H2,(H,10,11)(H,12,13)/t4-,5+/m1/s1. The lowest BCUT2D eigenvalue weighted by Gasteiger charge is -2.08. The molecule has 0 aromatic carbocycles. The minimum absolute atomic E-state index is 0.252. The van der Waals surface area contributed by atoms with Crippen LogP contribution in [0.25, 0.3) is 0 Å². The van der Waals surface area contributed by atoms with Gasteiger partial charge in [-0.05, 0) is 25.2 Å². The molecule has 0 spiro atoms. The molecule has 2 atom stereocenters. The zero-order valence-corrected chi connectivity index (χ0v) is 7.08. The van der Waals surface area contributed by atoms with Gasteiger partial charge < -0.3 is 5.11 Å². The predicted octanol–water partition coefficient (Wildman–Crippen LogP) is 1.47. The number of nitrogens with one attached hydrogen (secondary N) is 1. The first-order chi connectivity index (χ1) is 6.27. The molecule has 0 saturated heterocycles. The van der Waals surface area contributed by atoms with Gasteiger partial charge in [0.25, 0.3) is 0 Å². The average Bonchev–Trinajstić information content (AvgIpc) is 2.76. The van der Waals surface area contributed by atoms with E-state index in [1.807, 2.05) is 0 Å². The van der Waals surface area contributed by atoms with Gasteiger partial charge in [-0.1, -0.05) is 0 Å². The lowest BCUT2D eigenvalue weighted by Crippen LogP contribution is -2.04. The van der Waals surface area contributed by atoms with Crippen molar-refractivity contribution in [2.24, 2.45) is 0 Å². The van der Waals surface area contributed by atoms with E-state index in [9.17, 15) is 4.79 Å². The molecule has 2 aliphatic rings. The number of H-pyrrole nitrogens is 1. The number of fused-ring (bicyclic) bond motifs is 5. The SMILES string of the molecule is O=C(O)c1n[nH]c2c1[C@@H]1CC[C@H]2C1. The molecule has 1 aromatic rings. The molecule has 1 fully saturated rings. The third-order valence-electron chi connectivity index (χ3n) is 3.29. The van der Waals surface area contributed by atoms with E-state index in [4.69, 9.17) is 5.11 Å². The van der Waals surface area contributed by atoms with Crippen LogP contribution in [-0.4, -0.2) is 21.3 Å². The molecule has 1 aromatic heterocycles. The zero-order valence-electron chi connectivity index (χ0n) is 7.08. The number of carbonyl (C=O) groups is 1. The molecule has 1 saturated carbocycles. The van der Waals surface area contributed by atoms with Gasteiger partial charge in [-0.2, -0.15) is 5.10 Å². The molecule has 0 aliphatic heterocycles. The Morgan fingerprint density at radius 3 is 3.00 bits per heavy atom. The Morgan fingerprint density at radius 2 is 2.23 bits per heavy atom. The van der Waals surface area contributed by atoms with Crippen LogP contribution in [0.1, 0.15) is 52.8 Å². The fraction of sp³-hybridized carbons (Fsp3) is 0.556. The highest BCUT2D eigenvalue weighted by atomic mass is 16.4. The zero-order chi connectivity index (χ0) is 9.00. The first kappa shape index (κ1) is 7.12. The number of rotatable bonds is 1. The van der Waals surface area contributed by atoms with Gasteiger partial charge in [-0.15, -0.1) is 0 Å². The second kappa shape index (κ2) is 2.13. The summed E-state index contributed by atoms with van der Waals surface area (Å²) in [6, 6.07) is 0. The van der Waals surface area contributed by atoms with Crippen LogP contribution < -0.4 is 0 Å². The van der Waals surface area contributed by atoms with Gasteiger partial charge in [-0.25, -0.2) is 4.79 Å². The third-order valence-corrected chi connectivity index (χ3v) is 3.29. The van der Waals surface area contributed by atoms with E-state index >= 15 is 0 Å². The largest absolute Gasteiger partial charge is 0.476 e. The monoisotopic (exact) mass is 178 g/mol. The molecule has 68 valence electrons. The quantitative estimate of drug-likeness (QED) is 0.684. The number of hydrogen-bond donors (Lipinski definition) is 2. The summed E-state index contributed by atoms with van der Waals surface area (Å²) in [4.78, 5) is 10.8. The topological polar surface area (TPSA) is 66.0 Å². The van der Waals surface area contributed by atoms with Crippen molar-refractivity contribution in [1.29, 1.82) is 0 Å². The summed E-state index contributed by atoms with van der Waals surface area (Å²) in [7, 11) is 0. The number of aromatic amines is 1. The molecule has 0 unspecified atom stereocenters. The Hall–Kier alpha value is -1.32. The lowest BCUT2D eigenvalue weighted by atomic mass is 9.96. The molecule has 0 radical (unpaired) electrons. The van der Waals surface area contributed by atoms with Gasteiger partial charge in [0.2, 0.25) is 0 Å². The Bertz CT molecular complexity index is 383. The summed E-state index contributed by atoms with van der Waals surface area (Å²) in [6.45, 7) is 0. The summed E-state index contributed by atoms with van der Waals surface area (Å²) >= 11 is 0. The lowest BCUT2D eigenvalue weighted by molar-refractivity contribution is 0.0688. The van der Waals surface area contributed by atoms with Crippen LogP contribution in [0.4, 0.5) is 0 Å². The highest BCUT2D eigenvalue weighted by Crippen LogP contribution is 2.53. The molecule has 4 heteroatoms. The predicted molar refractivity (Wildman–Crippen MR) is 44.9 cm³/mol. The Balaban J connectivity index is 2.18. The number of carboxylic acid groups (broad SMARTS) is 1. The highest BCUT2D eigenvalue weighted by Gasteiger charge is 2.41. The van der Waals surface area contributed by atoms with E-state index in [0.29, 0.717) is 11.8 Å². The van der Waals surface area contributed by atoms with Crippen LogP contribution in [-0.2, 0) is 0 Å². The molecule has 13 heavy (non-hydrogen) atoms. The number of carboxylic acids is 1. The van der Waals surface area contributed by atoms with Crippen molar-refractivity contribution in [3.8, 4) is 0 Å². The molecule has 2 bridgehead atoms. The van der Waals surface area contributed by atoms with E-state index in [1.165, 1.54) is 6.42 Å². The summed E-state index contributed by atoms with van der Waals surface area (Å²) in [5.41, 5.74) is 2.33. The second-order valence-electron chi connectivity index (χ2n) is 3.91. The smallest absolute Gasteiger partial charge is 0.356 e. The van der Waals surface area contributed by atoms with E-state index in [1.54, 1.807) is 0 Å². The maximum absolute atomic E-state index is 10.8. The minimum atomic E-state index is -0.898. The van der Waals surface area contributed by atoms with E-state index in [2.05, 4.69) is 10.2 Å². The van der Waals surface area contributed by atoms with Crippen LogP contribution in [0, 0.1) is 0 Å². The molecule has 2 aliphatic carbocycles. The van der Waals surface area contributed by atoms with E-state index in [-0.39, 0.29) is 5.69 Å². The van der Waals surface area contributed by atoms with Gasteiger partial charge >= 0.3 is 5.97 Å². The Labute approximate surface area is 75.0 Å². The first-order valence-electron chi connectivity index (χ1n) is 4.59. The first-order valence-corrected chi connectivity index (χ1v) is 4.59. The van der Waals surface area contributed by atoms with Gasteiger partial charge in [0.15, 0.2) is 5.69 Å². The van der Waals surface area contributed by atoms with Crippen molar-refractivity contribution >= 4 is 5.97 Å². The molecule has 3 rings (SSSR count). The summed E-state index contributed by atoms with van der Waals surface area (Å²) in [5, 5.41) is 15.6. The maximum Gasteiger partial charge on any atom is 0.356 e. The van der Waals surface area contributed by atoms with Crippen LogP contribution in [0.3, 0.4) is 0 Å². The summed E-state index contributed by atoms with van der Waals surface area (Å²) < 4.78 is 0. The van der Waals surface area contributed by atoms with Crippen LogP contribution in [0.5, 0.6) is 0 Å². The van der Waals surface area contributed by atoms with E-state index in [0.717, 1.165) is 24.1 Å². The summed E-state index contributed by atoms with van der Waals surface area (Å²) in [6.07, 6.45) is 3.46. The number of nitrogens with zero attached hydrogens (tertiary/aromatic N) is 1. The van der Waals surface area contributed by atoms with Gasteiger partial charge in [-0.3, -0.25) is 5.10 Å². The second-order valence-corrected chi connectivity index (χ2v) is 3.91. The van der Waals surface area contributed by atoms with Crippen LogP contribution >= 0.6 is 0 Å². The van der Waals surface area contributed by atoms with E-state index < -0.39 is 5.97 Å². The van der Waals surface area contributed by atoms with Crippen molar-refractivity contribution in [3.63, 3.8) is 0 Å². The number of aromatic nitrogens is 2. The molecule has 0 amide bonds. The average molecular weight is 178 g/mol. The number of hydrogen-bond acceptors (Lipinski definition) is 2. The molecule has 4 nitrogen and oxygen atoms in total. The Kier molecular flexibility index (Phi) is 1.17. The van der Waals surface area contributed by atoms with Gasteiger partial charge in [0, 0.05) is 17.2 Å². The molecule has 1 heterocycles. The van der Waals surface area contributed by atoms with Crippen LogP contribution in [0.15, 0.2) is 0 Å². The fourth-order valence-corrected chi connectivity index (χ4v) is 2.76. The van der Waals surface area contributed by atoms with Crippen molar-refractivity contribution in [1.82, 2.24) is 10.2 Å². The molecular weight excluding hydrogens is 168 g/mol. The van der Waals surface area contributed by atoms with Crippen molar-refractivity contribution in [2.75, 3.05) is 0 Å². The Morgan fingerprint density at radius 1 is 1.46 bits per heavy atom. The van der Waals surface area contributed by atoms with Crippen molar-refractivity contribution < 1.29 is 9.90 Å².